The van der Waals surface area contributed by atoms with Gasteiger partial charge in [-0.15, -0.1) is 29.8 Å². The minimum absolute atomic E-state index is 0.00882. The predicted octanol–water partition coefficient (Wildman–Crippen LogP) is 3.27. The molecule has 2 saturated carbocycles. The number of likely N-dealkylation sites (tertiary alicyclic amines) is 1. The van der Waals surface area contributed by atoms with Crippen LogP contribution < -0.4 is 16.0 Å². The molecule has 0 bridgehead atoms. The summed E-state index contributed by atoms with van der Waals surface area (Å²) in [4.78, 5) is 66.5. The maximum Gasteiger partial charge on any atom is 0.289 e. The van der Waals surface area contributed by atoms with Crippen LogP contribution >= 0.6 is 23.2 Å². The molecule has 1 saturated heterocycles. The third-order valence-corrected chi connectivity index (χ3v) is 9.36. The predicted molar refractivity (Wildman–Crippen MR) is 155 cm³/mol. The number of halogens is 2. The molecule has 0 spiro atoms. The SMILES string of the molecule is C=CCCC(NC(=O)[C@@H]1[C@@H]2[C@H](CN1C(=O)[C@@H](C)C1CCCCC1)C2(Cl)Cl)C(=O)C(=O)NCCC(=O)NC(C)(C)C. The summed E-state index contributed by atoms with van der Waals surface area (Å²) in [5, 5.41) is 7.98. The van der Waals surface area contributed by atoms with Gasteiger partial charge in [-0.3, -0.25) is 24.0 Å². The average molecular weight is 600 g/mol. The van der Waals surface area contributed by atoms with Gasteiger partial charge in [0.2, 0.25) is 23.5 Å². The van der Waals surface area contributed by atoms with Gasteiger partial charge in [-0.2, -0.15) is 0 Å². The number of carbonyl (C=O) groups is 5. The fourth-order valence-electron chi connectivity index (χ4n) is 6.06. The average Bonchev–Trinajstić information content (AvgIpc) is 3.22. The number of allylic oxidation sites excluding steroid dienone is 1. The third-order valence-electron chi connectivity index (χ3n) is 8.30. The number of carbonyl (C=O) groups excluding carboxylic acids is 5. The lowest BCUT2D eigenvalue weighted by atomic mass is 9.80. The van der Waals surface area contributed by atoms with Crippen LogP contribution in [0.5, 0.6) is 0 Å². The van der Waals surface area contributed by atoms with E-state index in [1.54, 1.807) is 11.0 Å². The Morgan fingerprint density at radius 3 is 2.35 bits per heavy atom. The highest BCUT2D eigenvalue weighted by Gasteiger charge is 2.74. The molecule has 40 heavy (non-hydrogen) atoms. The first-order valence-corrected chi connectivity index (χ1v) is 15.2. The number of hydrogen-bond donors (Lipinski definition) is 3. The number of Topliss-reactive ketones (excluding diaryl/α,β-unsaturated/α-hetero) is 1. The van der Waals surface area contributed by atoms with Crippen molar-refractivity contribution in [3.63, 3.8) is 0 Å². The number of hydrogen-bond acceptors (Lipinski definition) is 5. The smallest absolute Gasteiger partial charge is 0.289 e. The number of nitrogens with zero attached hydrogens (tertiary/aromatic N) is 1. The molecule has 11 heteroatoms. The Kier molecular flexibility index (Phi) is 10.7. The second-order valence-corrected chi connectivity index (χ2v) is 14.0. The second kappa shape index (κ2) is 13.2. The Hall–Kier alpha value is -2.13. The molecule has 224 valence electrons. The first kappa shape index (κ1) is 32.4. The van der Waals surface area contributed by atoms with Gasteiger partial charge < -0.3 is 20.9 Å². The number of amides is 4. The molecule has 4 amide bonds. The molecule has 0 aromatic carbocycles. The van der Waals surface area contributed by atoms with Crippen molar-refractivity contribution in [1.82, 2.24) is 20.9 Å². The molecular weight excluding hydrogens is 555 g/mol. The fraction of sp³-hybridized carbons (Fsp3) is 0.759. The van der Waals surface area contributed by atoms with Gasteiger partial charge in [0.05, 0.1) is 6.04 Å². The van der Waals surface area contributed by atoms with Crippen molar-refractivity contribution >= 4 is 52.6 Å². The summed E-state index contributed by atoms with van der Waals surface area (Å²) < 4.78 is -1.11. The van der Waals surface area contributed by atoms with Crippen molar-refractivity contribution in [2.45, 2.75) is 101 Å². The van der Waals surface area contributed by atoms with E-state index >= 15 is 0 Å². The van der Waals surface area contributed by atoms with E-state index in [2.05, 4.69) is 22.5 Å². The van der Waals surface area contributed by atoms with Crippen LogP contribution in [0.25, 0.3) is 0 Å². The van der Waals surface area contributed by atoms with Crippen LogP contribution in [0.1, 0.15) is 79.1 Å². The third kappa shape index (κ3) is 7.78. The minimum Gasteiger partial charge on any atom is -0.351 e. The van der Waals surface area contributed by atoms with E-state index < -0.39 is 45.5 Å². The number of piperidine rings is 1. The lowest BCUT2D eigenvalue weighted by molar-refractivity contribution is -0.145. The first-order chi connectivity index (χ1) is 18.7. The van der Waals surface area contributed by atoms with Crippen LogP contribution in [0.2, 0.25) is 0 Å². The van der Waals surface area contributed by atoms with Gasteiger partial charge in [0.1, 0.15) is 10.4 Å². The molecule has 1 heterocycles. The molecule has 5 atom stereocenters. The highest BCUT2D eigenvalue weighted by Crippen LogP contribution is 2.65. The van der Waals surface area contributed by atoms with Gasteiger partial charge >= 0.3 is 0 Å². The standard InChI is InChI=1S/C29H44Cl2N4O5/c1-6-7-13-20(24(37)26(39)32-15-14-21(36)34-28(3,4)5)33-25(38)23-22-19(29(22,30)31)16-35(23)27(40)17(2)18-11-9-8-10-12-18/h6,17-20,22-23H,1,7-16H2,2-5H3,(H,32,39)(H,33,38)(H,34,36)/t17-,19-,20?,22-,23-/m0/s1. The van der Waals surface area contributed by atoms with E-state index in [0.717, 1.165) is 25.7 Å². The molecular formula is C29H44Cl2N4O5. The largest absolute Gasteiger partial charge is 0.351 e. The summed E-state index contributed by atoms with van der Waals surface area (Å²) in [7, 11) is 0. The van der Waals surface area contributed by atoms with Gasteiger partial charge in [-0.1, -0.05) is 32.3 Å². The number of fused-ring (bicyclic) bond motifs is 1. The summed E-state index contributed by atoms with van der Waals surface area (Å²) in [6.07, 6.45) is 7.49. The quantitative estimate of drug-likeness (QED) is 0.181. The monoisotopic (exact) mass is 598 g/mol. The molecule has 0 aromatic rings. The maximum absolute atomic E-state index is 13.6. The normalized spacial score (nSPS) is 25.2. The molecule has 3 N–H and O–H groups in total. The van der Waals surface area contributed by atoms with Crippen LogP contribution in [0.15, 0.2) is 12.7 Å². The molecule has 0 radical (unpaired) electrons. The van der Waals surface area contributed by atoms with Crippen molar-refractivity contribution in [1.29, 1.82) is 0 Å². The second-order valence-electron chi connectivity index (χ2n) is 12.5. The maximum atomic E-state index is 13.6. The molecule has 3 aliphatic rings. The van der Waals surface area contributed by atoms with Gasteiger partial charge in [0, 0.05) is 42.8 Å². The van der Waals surface area contributed by atoms with Crippen molar-refractivity contribution < 1.29 is 24.0 Å². The Bertz CT molecular complexity index is 1000. The van der Waals surface area contributed by atoms with Crippen LogP contribution in [0.3, 0.4) is 0 Å². The van der Waals surface area contributed by atoms with Gasteiger partial charge in [-0.05, 0) is 52.4 Å². The zero-order valence-electron chi connectivity index (χ0n) is 24.1. The van der Waals surface area contributed by atoms with Gasteiger partial charge in [0.25, 0.3) is 5.91 Å². The van der Waals surface area contributed by atoms with E-state index in [1.807, 2.05) is 27.7 Å². The van der Waals surface area contributed by atoms with Crippen molar-refractivity contribution in [3.8, 4) is 0 Å². The van der Waals surface area contributed by atoms with Crippen LogP contribution in [0, 0.1) is 23.7 Å². The molecule has 2 aliphatic carbocycles. The van der Waals surface area contributed by atoms with E-state index in [-0.39, 0.29) is 55.5 Å². The van der Waals surface area contributed by atoms with Gasteiger partial charge in [0.15, 0.2) is 0 Å². The van der Waals surface area contributed by atoms with Crippen molar-refractivity contribution in [2.75, 3.05) is 13.1 Å². The first-order valence-electron chi connectivity index (χ1n) is 14.4. The topological polar surface area (TPSA) is 125 Å². The fourth-order valence-corrected chi connectivity index (χ4v) is 6.88. The Morgan fingerprint density at radius 2 is 1.75 bits per heavy atom. The molecule has 3 fully saturated rings. The summed E-state index contributed by atoms with van der Waals surface area (Å²) in [6, 6.07) is -2.04. The number of alkyl halides is 2. The summed E-state index contributed by atoms with van der Waals surface area (Å²) in [5.41, 5.74) is -0.412. The summed E-state index contributed by atoms with van der Waals surface area (Å²) >= 11 is 12.9. The van der Waals surface area contributed by atoms with Crippen molar-refractivity contribution in [3.05, 3.63) is 12.7 Å². The Labute approximate surface area is 247 Å². The molecule has 0 aromatic heterocycles. The minimum atomic E-state index is -1.13. The van der Waals surface area contributed by atoms with E-state index in [4.69, 9.17) is 23.2 Å². The highest BCUT2D eigenvalue weighted by molar-refractivity contribution is 6.51. The Morgan fingerprint density at radius 1 is 1.10 bits per heavy atom. The lowest BCUT2D eigenvalue weighted by Gasteiger charge is -2.35. The highest BCUT2D eigenvalue weighted by atomic mass is 35.5. The van der Waals surface area contributed by atoms with Gasteiger partial charge in [-0.25, -0.2) is 0 Å². The molecule has 1 unspecified atom stereocenters. The number of nitrogens with one attached hydrogen (secondary N) is 3. The van der Waals surface area contributed by atoms with Crippen LogP contribution in [0.4, 0.5) is 0 Å². The lowest BCUT2D eigenvalue weighted by Crippen LogP contribution is -2.56. The number of rotatable bonds is 12. The zero-order valence-corrected chi connectivity index (χ0v) is 25.6. The number of ketones is 1. The van der Waals surface area contributed by atoms with Crippen LogP contribution in [-0.2, 0) is 24.0 Å². The molecule has 9 nitrogen and oxygen atoms in total. The molecule has 1 aliphatic heterocycles. The Balaban J connectivity index is 1.66. The summed E-state index contributed by atoms with van der Waals surface area (Å²) in [5.74, 6) is -3.23. The van der Waals surface area contributed by atoms with E-state index in [9.17, 15) is 24.0 Å². The zero-order chi connectivity index (χ0) is 29.8. The van der Waals surface area contributed by atoms with E-state index in [0.29, 0.717) is 6.42 Å². The van der Waals surface area contributed by atoms with Crippen LogP contribution in [-0.4, -0.2) is 69.4 Å². The summed E-state index contributed by atoms with van der Waals surface area (Å²) in [6.45, 7) is 11.4. The van der Waals surface area contributed by atoms with E-state index in [1.165, 1.54) is 6.42 Å². The van der Waals surface area contributed by atoms with Crippen molar-refractivity contribution in [2.24, 2.45) is 23.7 Å². The molecule has 3 rings (SSSR count).